The zero-order valence-electron chi connectivity index (χ0n) is 13.4. The van der Waals surface area contributed by atoms with Crippen LogP contribution in [0.5, 0.6) is 0 Å². The fourth-order valence-electron chi connectivity index (χ4n) is 2.81. The van der Waals surface area contributed by atoms with E-state index in [1.807, 2.05) is 0 Å². The van der Waals surface area contributed by atoms with E-state index in [2.05, 4.69) is 48.5 Å². The molecule has 0 unspecified atom stereocenters. The fourth-order valence-corrected chi connectivity index (χ4v) is 2.81. The average molecular weight is 288 g/mol. The van der Waals surface area contributed by atoms with Gasteiger partial charge in [0.15, 0.2) is 0 Å². The van der Waals surface area contributed by atoms with Crippen LogP contribution in [0.4, 0.5) is 0 Å². The van der Waals surface area contributed by atoms with Crippen LogP contribution in [-0.2, 0) is 17.8 Å². The normalized spacial score (nSPS) is 16.9. The maximum Gasteiger partial charge on any atom is 0.223 e. The second kappa shape index (κ2) is 8.18. The van der Waals surface area contributed by atoms with E-state index in [0.29, 0.717) is 6.54 Å². The lowest BCUT2D eigenvalue weighted by molar-refractivity contribution is -0.126. The number of nitrogens with one attached hydrogen (secondary N) is 1. The van der Waals surface area contributed by atoms with Crippen molar-refractivity contribution in [1.29, 1.82) is 0 Å². The highest BCUT2D eigenvalue weighted by molar-refractivity contribution is 5.78. The van der Waals surface area contributed by atoms with Crippen molar-refractivity contribution in [3.63, 3.8) is 0 Å². The summed E-state index contributed by atoms with van der Waals surface area (Å²) in [6, 6.07) is 8.65. The van der Waals surface area contributed by atoms with E-state index in [9.17, 15) is 4.79 Å². The van der Waals surface area contributed by atoms with Crippen LogP contribution in [0.25, 0.3) is 0 Å². The molecule has 1 aromatic rings. The molecule has 0 aromatic heterocycles. The quantitative estimate of drug-likeness (QED) is 0.873. The van der Waals surface area contributed by atoms with E-state index in [0.717, 1.165) is 32.4 Å². The minimum absolute atomic E-state index is 0.199. The third-order valence-electron chi connectivity index (χ3n) is 4.40. The molecule has 1 aromatic carbocycles. The van der Waals surface area contributed by atoms with Crippen molar-refractivity contribution in [3.05, 3.63) is 35.4 Å². The van der Waals surface area contributed by atoms with Crippen LogP contribution in [0.1, 0.15) is 43.7 Å². The second-order valence-electron chi connectivity index (χ2n) is 6.22. The number of carbonyl (C=O) groups is 1. The van der Waals surface area contributed by atoms with Crippen LogP contribution in [0, 0.1) is 5.92 Å². The molecule has 0 radical (unpaired) electrons. The summed E-state index contributed by atoms with van der Waals surface area (Å²) in [4.78, 5) is 14.4. The molecule has 0 aliphatic carbocycles. The van der Waals surface area contributed by atoms with Crippen LogP contribution in [0.2, 0.25) is 0 Å². The number of hydrogen-bond donors (Lipinski definition) is 1. The Balaban J connectivity index is 1.75. The Morgan fingerprint density at radius 1 is 1.19 bits per heavy atom. The molecule has 1 fully saturated rings. The molecule has 1 aliphatic heterocycles. The first-order valence-electron chi connectivity index (χ1n) is 8.23. The third kappa shape index (κ3) is 5.16. The van der Waals surface area contributed by atoms with E-state index in [-0.39, 0.29) is 11.8 Å². The third-order valence-corrected chi connectivity index (χ3v) is 4.40. The van der Waals surface area contributed by atoms with Crippen molar-refractivity contribution in [2.75, 3.05) is 20.1 Å². The van der Waals surface area contributed by atoms with Crippen LogP contribution >= 0.6 is 0 Å². The van der Waals surface area contributed by atoms with Gasteiger partial charge in [0, 0.05) is 12.5 Å². The Labute approximate surface area is 128 Å². The molecule has 1 saturated heterocycles. The number of aryl methyl sites for hydroxylation is 1. The van der Waals surface area contributed by atoms with E-state index in [1.165, 1.54) is 24.0 Å². The molecule has 21 heavy (non-hydrogen) atoms. The first-order valence-corrected chi connectivity index (χ1v) is 8.23. The fraction of sp³-hybridized carbons (Fsp3) is 0.611. The maximum absolute atomic E-state index is 12.2. The number of benzene rings is 1. The number of nitrogens with zero attached hydrogens (tertiary/aromatic N) is 1. The summed E-state index contributed by atoms with van der Waals surface area (Å²) in [6.07, 6.45) is 5.59. The summed E-state index contributed by atoms with van der Waals surface area (Å²) in [5, 5.41) is 3.09. The van der Waals surface area contributed by atoms with Crippen molar-refractivity contribution in [2.45, 2.75) is 45.6 Å². The van der Waals surface area contributed by atoms with Crippen molar-refractivity contribution < 1.29 is 4.79 Å². The molecule has 0 atom stereocenters. The summed E-state index contributed by atoms with van der Waals surface area (Å²) in [5.74, 6) is 0.420. The van der Waals surface area contributed by atoms with E-state index in [4.69, 9.17) is 0 Å². The lowest BCUT2D eigenvalue weighted by atomic mass is 9.96. The summed E-state index contributed by atoms with van der Waals surface area (Å²) in [7, 11) is 2.12. The lowest BCUT2D eigenvalue weighted by Gasteiger charge is -2.28. The van der Waals surface area contributed by atoms with Gasteiger partial charge in [-0.25, -0.2) is 0 Å². The number of unbranched alkanes of at least 4 members (excludes halogenated alkanes) is 1. The van der Waals surface area contributed by atoms with Gasteiger partial charge in [-0.15, -0.1) is 0 Å². The van der Waals surface area contributed by atoms with Crippen LogP contribution in [0.3, 0.4) is 0 Å². The summed E-state index contributed by atoms with van der Waals surface area (Å²) in [6.45, 7) is 4.93. The number of carbonyl (C=O) groups excluding carboxylic acids is 1. The van der Waals surface area contributed by atoms with E-state index >= 15 is 0 Å². The average Bonchev–Trinajstić information content (AvgIpc) is 2.52. The number of amides is 1. The zero-order chi connectivity index (χ0) is 15.1. The largest absolute Gasteiger partial charge is 0.352 e. The van der Waals surface area contributed by atoms with E-state index in [1.54, 1.807) is 0 Å². The number of rotatable bonds is 6. The molecule has 116 valence electrons. The Bertz CT molecular complexity index is 433. The molecule has 1 amide bonds. The number of piperidine rings is 1. The van der Waals surface area contributed by atoms with Crippen molar-refractivity contribution in [1.82, 2.24) is 10.2 Å². The molecule has 0 spiro atoms. The summed E-state index contributed by atoms with van der Waals surface area (Å²) >= 11 is 0. The first-order chi connectivity index (χ1) is 10.2. The standard InChI is InChI=1S/C18H28N2O/c1-3-4-5-15-6-8-16(9-7-15)14-19-18(21)17-10-12-20(2)13-11-17/h6-9,17H,3-5,10-14H2,1-2H3,(H,19,21). The predicted molar refractivity (Wildman–Crippen MR) is 87.1 cm³/mol. The van der Waals surface area contributed by atoms with Gasteiger partial charge in [-0.1, -0.05) is 37.6 Å². The Morgan fingerprint density at radius 2 is 1.81 bits per heavy atom. The van der Waals surface area contributed by atoms with Gasteiger partial charge in [-0.2, -0.15) is 0 Å². The predicted octanol–water partition coefficient (Wildman–Crippen LogP) is 2.99. The van der Waals surface area contributed by atoms with Gasteiger partial charge in [0.05, 0.1) is 0 Å². The van der Waals surface area contributed by atoms with Gasteiger partial charge in [-0.05, 0) is 56.9 Å². The molecule has 1 aliphatic rings. The molecule has 0 bridgehead atoms. The van der Waals surface area contributed by atoms with Gasteiger partial charge >= 0.3 is 0 Å². The van der Waals surface area contributed by atoms with Crippen molar-refractivity contribution >= 4 is 5.91 Å². The van der Waals surface area contributed by atoms with E-state index < -0.39 is 0 Å². The lowest BCUT2D eigenvalue weighted by Crippen LogP contribution is -2.38. The van der Waals surface area contributed by atoms with Gasteiger partial charge in [0.2, 0.25) is 5.91 Å². The van der Waals surface area contributed by atoms with Gasteiger partial charge < -0.3 is 10.2 Å². The summed E-state index contributed by atoms with van der Waals surface area (Å²) in [5.41, 5.74) is 2.58. The maximum atomic E-state index is 12.2. The SMILES string of the molecule is CCCCc1ccc(CNC(=O)C2CCN(C)CC2)cc1. The van der Waals surface area contributed by atoms with Crippen LogP contribution < -0.4 is 5.32 Å². The topological polar surface area (TPSA) is 32.3 Å². The molecule has 3 heteroatoms. The smallest absolute Gasteiger partial charge is 0.223 e. The first kappa shape index (κ1) is 16.0. The van der Waals surface area contributed by atoms with Crippen molar-refractivity contribution in [2.24, 2.45) is 5.92 Å². The monoisotopic (exact) mass is 288 g/mol. The molecule has 0 saturated carbocycles. The summed E-state index contributed by atoms with van der Waals surface area (Å²) < 4.78 is 0. The highest BCUT2D eigenvalue weighted by Crippen LogP contribution is 2.16. The number of likely N-dealkylation sites (tertiary alicyclic amines) is 1. The second-order valence-corrected chi connectivity index (χ2v) is 6.22. The van der Waals surface area contributed by atoms with Gasteiger partial charge in [0.25, 0.3) is 0 Å². The van der Waals surface area contributed by atoms with Gasteiger partial charge in [-0.3, -0.25) is 4.79 Å². The van der Waals surface area contributed by atoms with Crippen molar-refractivity contribution in [3.8, 4) is 0 Å². The highest BCUT2D eigenvalue weighted by Gasteiger charge is 2.22. The van der Waals surface area contributed by atoms with Gasteiger partial charge in [0.1, 0.15) is 0 Å². The minimum Gasteiger partial charge on any atom is -0.352 e. The van der Waals surface area contributed by atoms with Crippen LogP contribution in [-0.4, -0.2) is 30.9 Å². The molecule has 2 rings (SSSR count). The Hall–Kier alpha value is -1.35. The zero-order valence-corrected chi connectivity index (χ0v) is 13.4. The molecule has 1 N–H and O–H groups in total. The molecular weight excluding hydrogens is 260 g/mol. The Kier molecular flexibility index (Phi) is 6.24. The number of hydrogen-bond acceptors (Lipinski definition) is 2. The molecule has 1 heterocycles. The molecule has 3 nitrogen and oxygen atoms in total. The molecular formula is C18H28N2O. The minimum atomic E-state index is 0.199. The highest BCUT2D eigenvalue weighted by atomic mass is 16.1. The Morgan fingerprint density at radius 3 is 2.43 bits per heavy atom. The van der Waals surface area contributed by atoms with Crippen LogP contribution in [0.15, 0.2) is 24.3 Å².